The molecule has 3 aromatic heterocycles. The molecule has 0 aliphatic heterocycles. The number of thiophene rings is 1. The van der Waals surface area contributed by atoms with Crippen LogP contribution in [0.1, 0.15) is 47.8 Å². The van der Waals surface area contributed by atoms with E-state index in [1.54, 1.807) is 12.3 Å². The van der Waals surface area contributed by atoms with E-state index in [-0.39, 0.29) is 17.7 Å². The van der Waals surface area contributed by atoms with Gasteiger partial charge >= 0.3 is 5.97 Å². The maximum atomic E-state index is 12.6. The molecular formula is C20H24N4O4S2. The summed E-state index contributed by atoms with van der Waals surface area (Å²) in [4.78, 5) is 25.6. The summed E-state index contributed by atoms with van der Waals surface area (Å²) in [6.07, 6.45) is 2.39. The highest BCUT2D eigenvalue weighted by Gasteiger charge is 2.21. The van der Waals surface area contributed by atoms with Gasteiger partial charge in [-0.05, 0) is 39.3 Å². The van der Waals surface area contributed by atoms with Crippen LogP contribution in [0.2, 0.25) is 0 Å². The Balaban J connectivity index is 1.74. The van der Waals surface area contributed by atoms with Gasteiger partial charge in [0.05, 0.1) is 30.3 Å². The fourth-order valence-electron chi connectivity index (χ4n) is 2.91. The molecule has 0 spiro atoms. The lowest BCUT2D eigenvalue weighted by Gasteiger charge is -2.13. The number of ether oxygens (including phenoxy) is 1. The van der Waals surface area contributed by atoms with Crippen molar-refractivity contribution in [3.63, 3.8) is 0 Å². The van der Waals surface area contributed by atoms with Gasteiger partial charge in [0.15, 0.2) is 11.0 Å². The minimum absolute atomic E-state index is 0.102. The van der Waals surface area contributed by atoms with Crippen LogP contribution in [0.3, 0.4) is 0 Å². The fourth-order valence-corrected chi connectivity index (χ4v) is 4.77. The van der Waals surface area contributed by atoms with Gasteiger partial charge in [0.25, 0.3) is 0 Å². The van der Waals surface area contributed by atoms with Crippen molar-refractivity contribution < 1.29 is 18.7 Å². The SMILES string of the molecule is CCc1cc(C(=O)OC)c(NC(=O)CSc2nnc(-c3ccoc3C)n2C(C)C)s1. The van der Waals surface area contributed by atoms with Gasteiger partial charge in [-0.1, -0.05) is 18.7 Å². The average molecular weight is 449 g/mol. The predicted octanol–water partition coefficient (Wildman–Crippen LogP) is 4.57. The maximum Gasteiger partial charge on any atom is 0.340 e. The molecule has 0 saturated heterocycles. The third-order valence-electron chi connectivity index (χ3n) is 4.40. The van der Waals surface area contributed by atoms with Crippen molar-refractivity contribution in [2.75, 3.05) is 18.2 Å². The van der Waals surface area contributed by atoms with E-state index in [4.69, 9.17) is 9.15 Å². The van der Waals surface area contributed by atoms with Crippen LogP contribution in [0.15, 0.2) is 28.0 Å². The number of thioether (sulfide) groups is 1. The first-order valence-electron chi connectivity index (χ1n) is 9.48. The van der Waals surface area contributed by atoms with E-state index in [0.29, 0.717) is 21.5 Å². The Morgan fingerprint density at radius 2 is 2.13 bits per heavy atom. The van der Waals surface area contributed by atoms with Crippen molar-refractivity contribution in [1.29, 1.82) is 0 Å². The summed E-state index contributed by atoms with van der Waals surface area (Å²) in [5.74, 6) is 0.911. The Morgan fingerprint density at radius 3 is 2.73 bits per heavy atom. The standard InChI is InChI=1S/C20H24N4O4S2/c1-6-13-9-15(19(26)27-5)18(30-13)21-16(25)10-29-20-23-22-17(24(20)11(2)3)14-7-8-28-12(14)4/h7-9,11H,6,10H2,1-5H3,(H,21,25). The van der Waals surface area contributed by atoms with Crippen LogP contribution in [0, 0.1) is 6.92 Å². The zero-order chi connectivity index (χ0) is 21.8. The van der Waals surface area contributed by atoms with Crippen LogP contribution in [0.25, 0.3) is 11.4 Å². The van der Waals surface area contributed by atoms with E-state index >= 15 is 0 Å². The molecule has 0 unspecified atom stereocenters. The highest BCUT2D eigenvalue weighted by molar-refractivity contribution is 7.99. The first-order valence-corrected chi connectivity index (χ1v) is 11.3. The number of carbonyl (C=O) groups excluding carboxylic acids is 2. The number of nitrogens with zero attached hydrogens (tertiary/aromatic N) is 3. The molecule has 0 radical (unpaired) electrons. The number of rotatable bonds is 8. The number of aryl methyl sites for hydroxylation is 2. The number of hydrogen-bond donors (Lipinski definition) is 1. The molecule has 0 aliphatic rings. The summed E-state index contributed by atoms with van der Waals surface area (Å²) in [5.41, 5.74) is 1.25. The lowest BCUT2D eigenvalue weighted by molar-refractivity contribution is -0.113. The molecule has 0 atom stereocenters. The molecule has 160 valence electrons. The van der Waals surface area contributed by atoms with Crippen molar-refractivity contribution in [1.82, 2.24) is 14.8 Å². The number of anilines is 1. The topological polar surface area (TPSA) is 99.2 Å². The molecule has 8 nitrogen and oxygen atoms in total. The number of aromatic nitrogens is 3. The second-order valence-electron chi connectivity index (χ2n) is 6.80. The van der Waals surface area contributed by atoms with Gasteiger partial charge in [-0.3, -0.25) is 9.36 Å². The zero-order valence-corrected chi connectivity index (χ0v) is 19.1. The molecular weight excluding hydrogens is 424 g/mol. The van der Waals surface area contributed by atoms with Crippen LogP contribution in [0.5, 0.6) is 0 Å². The average Bonchev–Trinajstić information content (AvgIpc) is 3.43. The summed E-state index contributed by atoms with van der Waals surface area (Å²) in [6.45, 7) is 7.94. The van der Waals surface area contributed by atoms with Crippen LogP contribution < -0.4 is 5.32 Å². The zero-order valence-electron chi connectivity index (χ0n) is 17.5. The Bertz CT molecular complexity index is 1050. The lowest BCUT2D eigenvalue weighted by atomic mass is 10.2. The van der Waals surface area contributed by atoms with Gasteiger partial charge in [-0.25, -0.2) is 4.79 Å². The Kier molecular flexibility index (Phi) is 6.99. The number of carbonyl (C=O) groups is 2. The summed E-state index contributed by atoms with van der Waals surface area (Å²) in [7, 11) is 1.32. The van der Waals surface area contributed by atoms with E-state index in [9.17, 15) is 9.59 Å². The first kappa shape index (κ1) is 22.1. The van der Waals surface area contributed by atoms with Crippen molar-refractivity contribution in [2.45, 2.75) is 45.3 Å². The van der Waals surface area contributed by atoms with Crippen LogP contribution in [0.4, 0.5) is 5.00 Å². The predicted molar refractivity (Wildman–Crippen MR) is 117 cm³/mol. The van der Waals surface area contributed by atoms with Gasteiger partial charge in [0.1, 0.15) is 10.8 Å². The van der Waals surface area contributed by atoms with Crippen LogP contribution >= 0.6 is 23.1 Å². The van der Waals surface area contributed by atoms with Gasteiger partial charge in [0.2, 0.25) is 5.91 Å². The van der Waals surface area contributed by atoms with Crippen molar-refractivity contribution in [3.8, 4) is 11.4 Å². The lowest BCUT2D eigenvalue weighted by Crippen LogP contribution is -2.16. The summed E-state index contributed by atoms with van der Waals surface area (Å²) < 4.78 is 12.2. The quantitative estimate of drug-likeness (QED) is 0.398. The smallest absolute Gasteiger partial charge is 0.340 e. The third kappa shape index (κ3) is 4.59. The number of methoxy groups -OCH3 is 1. The van der Waals surface area contributed by atoms with E-state index in [1.165, 1.54) is 30.2 Å². The number of nitrogens with one attached hydrogen (secondary N) is 1. The molecule has 1 amide bonds. The molecule has 3 aromatic rings. The van der Waals surface area contributed by atoms with E-state index in [2.05, 4.69) is 15.5 Å². The number of hydrogen-bond acceptors (Lipinski definition) is 8. The molecule has 3 heterocycles. The first-order chi connectivity index (χ1) is 14.3. The second kappa shape index (κ2) is 9.48. The summed E-state index contributed by atoms with van der Waals surface area (Å²) in [6, 6.07) is 3.72. The van der Waals surface area contributed by atoms with Gasteiger partial charge in [-0.2, -0.15) is 0 Å². The maximum absolute atomic E-state index is 12.6. The Hall–Kier alpha value is -2.59. The van der Waals surface area contributed by atoms with E-state index in [0.717, 1.165) is 22.6 Å². The molecule has 3 rings (SSSR count). The Morgan fingerprint density at radius 1 is 1.37 bits per heavy atom. The van der Waals surface area contributed by atoms with E-state index in [1.807, 2.05) is 38.3 Å². The van der Waals surface area contributed by atoms with Gasteiger partial charge in [0, 0.05) is 10.9 Å². The minimum atomic E-state index is -0.464. The molecule has 0 fully saturated rings. The monoisotopic (exact) mass is 448 g/mol. The van der Waals surface area contributed by atoms with Crippen molar-refractivity contribution >= 4 is 40.0 Å². The molecule has 30 heavy (non-hydrogen) atoms. The highest BCUT2D eigenvalue weighted by Crippen LogP contribution is 2.31. The van der Waals surface area contributed by atoms with Crippen LogP contribution in [-0.4, -0.2) is 39.5 Å². The molecule has 1 N–H and O–H groups in total. The molecule has 0 aromatic carbocycles. The fraction of sp³-hybridized carbons (Fsp3) is 0.400. The third-order valence-corrected chi connectivity index (χ3v) is 6.54. The van der Waals surface area contributed by atoms with E-state index < -0.39 is 5.97 Å². The molecule has 0 bridgehead atoms. The normalized spacial score (nSPS) is 11.1. The minimum Gasteiger partial charge on any atom is -0.469 e. The molecule has 0 aliphatic carbocycles. The van der Waals surface area contributed by atoms with Gasteiger partial charge < -0.3 is 14.5 Å². The van der Waals surface area contributed by atoms with Crippen molar-refractivity contribution in [3.05, 3.63) is 34.6 Å². The Labute approximate surface area is 183 Å². The van der Waals surface area contributed by atoms with Crippen LogP contribution in [-0.2, 0) is 16.0 Å². The van der Waals surface area contributed by atoms with Crippen molar-refractivity contribution in [2.24, 2.45) is 0 Å². The number of esters is 1. The second-order valence-corrected chi connectivity index (χ2v) is 8.88. The van der Waals surface area contributed by atoms with Gasteiger partial charge in [-0.15, -0.1) is 21.5 Å². The number of amides is 1. The summed E-state index contributed by atoms with van der Waals surface area (Å²) in [5, 5.41) is 12.6. The number of furan rings is 1. The molecule has 10 heteroatoms. The largest absolute Gasteiger partial charge is 0.469 e. The highest BCUT2D eigenvalue weighted by atomic mass is 32.2. The summed E-state index contributed by atoms with van der Waals surface area (Å²) >= 11 is 2.67. The molecule has 0 saturated carbocycles.